The molecule has 1 aliphatic carbocycles. The molecule has 0 unspecified atom stereocenters. The summed E-state index contributed by atoms with van der Waals surface area (Å²) in [5.41, 5.74) is 2.35. The average molecular weight is 414 g/mol. The number of nitrogens with zero attached hydrogens (tertiary/aromatic N) is 1. The maximum absolute atomic E-state index is 13.0. The second-order valence-corrected chi connectivity index (χ2v) is 8.09. The van der Waals surface area contributed by atoms with Crippen molar-refractivity contribution in [3.05, 3.63) is 83.9 Å². The van der Waals surface area contributed by atoms with E-state index in [-0.39, 0.29) is 17.7 Å². The fraction of sp³-hybridized carbons (Fsp3) is 0.125. The fourth-order valence-electron chi connectivity index (χ4n) is 2.97. The molecule has 0 atom stereocenters. The molecule has 1 saturated carbocycles. The van der Waals surface area contributed by atoms with Crippen LogP contribution in [0.15, 0.2) is 82.6 Å². The van der Waals surface area contributed by atoms with Crippen LogP contribution in [0.4, 0.5) is 11.4 Å². The number of hydrogen-bond donors (Lipinski definition) is 2. The number of nitrogens with one attached hydrogen (secondary N) is 2. The van der Waals surface area contributed by atoms with Crippen LogP contribution in [0.1, 0.15) is 28.8 Å². The summed E-state index contributed by atoms with van der Waals surface area (Å²) >= 11 is 1.39. The molecule has 2 N–H and O–H groups in total. The van der Waals surface area contributed by atoms with E-state index in [2.05, 4.69) is 16.7 Å². The lowest BCUT2D eigenvalue weighted by atomic mass is 10.2. The molecule has 4 rings (SSSR count). The first-order chi connectivity index (χ1) is 14.6. The minimum absolute atomic E-state index is 0.0244. The smallest absolute Gasteiger partial charge is 0.256 e. The summed E-state index contributed by atoms with van der Waals surface area (Å²) in [6.45, 7) is 0. The van der Waals surface area contributed by atoms with Crippen molar-refractivity contribution in [2.45, 2.75) is 22.6 Å². The lowest BCUT2D eigenvalue weighted by Crippen LogP contribution is -2.15. The van der Waals surface area contributed by atoms with Gasteiger partial charge in [0.1, 0.15) is 6.07 Å². The van der Waals surface area contributed by atoms with E-state index >= 15 is 0 Å². The molecule has 0 spiro atoms. The molecule has 1 aliphatic rings. The van der Waals surface area contributed by atoms with Crippen LogP contribution in [0.5, 0.6) is 0 Å². The lowest BCUT2D eigenvalue weighted by Gasteiger charge is -2.12. The number of anilines is 2. The van der Waals surface area contributed by atoms with Gasteiger partial charge in [-0.15, -0.1) is 0 Å². The topological polar surface area (TPSA) is 82.0 Å². The standard InChI is InChI=1S/C24H19N3O2S/c25-15-17-6-1-3-10-21(17)30-22-11-4-2-9-20(22)24(29)27-19-8-5-7-18(14-19)26-23(28)16-12-13-16/h1-11,14,16H,12-13H2,(H,26,28)(H,27,29). The van der Waals surface area contributed by atoms with Gasteiger partial charge in [-0.2, -0.15) is 5.26 Å². The third-order valence-electron chi connectivity index (χ3n) is 4.70. The van der Waals surface area contributed by atoms with Crippen molar-refractivity contribution in [2.75, 3.05) is 10.6 Å². The van der Waals surface area contributed by atoms with E-state index in [4.69, 9.17) is 0 Å². The Morgan fingerprint density at radius 2 is 1.53 bits per heavy atom. The first-order valence-electron chi connectivity index (χ1n) is 9.62. The maximum atomic E-state index is 13.0. The van der Waals surface area contributed by atoms with Crippen LogP contribution in [-0.2, 0) is 4.79 Å². The number of nitriles is 1. The van der Waals surface area contributed by atoms with Gasteiger partial charge >= 0.3 is 0 Å². The van der Waals surface area contributed by atoms with Gasteiger partial charge in [0.15, 0.2) is 0 Å². The van der Waals surface area contributed by atoms with Crippen LogP contribution in [0.3, 0.4) is 0 Å². The highest BCUT2D eigenvalue weighted by atomic mass is 32.2. The zero-order valence-corrected chi connectivity index (χ0v) is 16.9. The lowest BCUT2D eigenvalue weighted by molar-refractivity contribution is -0.117. The van der Waals surface area contributed by atoms with Crippen LogP contribution in [-0.4, -0.2) is 11.8 Å². The van der Waals surface area contributed by atoms with Gasteiger partial charge in [0.2, 0.25) is 5.91 Å². The van der Waals surface area contributed by atoms with Crippen molar-refractivity contribution in [2.24, 2.45) is 5.92 Å². The van der Waals surface area contributed by atoms with Crippen LogP contribution >= 0.6 is 11.8 Å². The van der Waals surface area contributed by atoms with E-state index in [1.807, 2.05) is 30.3 Å². The second kappa shape index (κ2) is 8.85. The van der Waals surface area contributed by atoms with Crippen molar-refractivity contribution in [3.8, 4) is 6.07 Å². The highest BCUT2D eigenvalue weighted by molar-refractivity contribution is 7.99. The van der Waals surface area contributed by atoms with E-state index in [1.54, 1.807) is 42.5 Å². The molecule has 3 aromatic rings. The van der Waals surface area contributed by atoms with Crippen LogP contribution in [0, 0.1) is 17.2 Å². The molecular formula is C24H19N3O2S. The monoisotopic (exact) mass is 413 g/mol. The predicted octanol–water partition coefficient (Wildman–Crippen LogP) is 5.31. The minimum Gasteiger partial charge on any atom is -0.326 e. The van der Waals surface area contributed by atoms with Gasteiger partial charge in [0.25, 0.3) is 5.91 Å². The molecule has 6 heteroatoms. The largest absolute Gasteiger partial charge is 0.326 e. The van der Waals surface area contributed by atoms with Gasteiger partial charge in [-0.3, -0.25) is 9.59 Å². The van der Waals surface area contributed by atoms with E-state index in [1.165, 1.54) is 11.8 Å². The Hall–Kier alpha value is -3.56. The molecule has 0 aromatic heterocycles. The van der Waals surface area contributed by atoms with E-state index < -0.39 is 0 Å². The van der Waals surface area contributed by atoms with Gasteiger partial charge in [-0.25, -0.2) is 0 Å². The summed E-state index contributed by atoms with van der Waals surface area (Å²) in [5, 5.41) is 15.1. The highest BCUT2D eigenvalue weighted by Gasteiger charge is 2.29. The first-order valence-corrected chi connectivity index (χ1v) is 10.4. The number of benzene rings is 3. The summed E-state index contributed by atoms with van der Waals surface area (Å²) in [6, 6.07) is 23.9. The van der Waals surface area contributed by atoms with Gasteiger partial charge in [-0.05, 0) is 55.3 Å². The Labute approximate surface area is 179 Å². The molecule has 2 amide bonds. The Morgan fingerprint density at radius 3 is 2.27 bits per heavy atom. The zero-order valence-electron chi connectivity index (χ0n) is 16.1. The molecule has 0 bridgehead atoms. The summed E-state index contributed by atoms with van der Waals surface area (Å²) in [7, 11) is 0. The van der Waals surface area contributed by atoms with E-state index in [0.29, 0.717) is 22.5 Å². The Morgan fingerprint density at radius 1 is 0.867 bits per heavy atom. The summed E-state index contributed by atoms with van der Waals surface area (Å²) in [4.78, 5) is 26.5. The first kappa shape index (κ1) is 19.7. The van der Waals surface area contributed by atoms with Gasteiger partial charge in [0, 0.05) is 27.1 Å². The molecule has 0 aliphatic heterocycles. The van der Waals surface area contributed by atoms with E-state index in [9.17, 15) is 14.9 Å². The molecule has 3 aromatic carbocycles. The van der Waals surface area contributed by atoms with Crippen molar-refractivity contribution >= 4 is 35.0 Å². The molecular weight excluding hydrogens is 394 g/mol. The molecule has 0 heterocycles. The van der Waals surface area contributed by atoms with Gasteiger partial charge in [-0.1, -0.05) is 42.1 Å². The van der Waals surface area contributed by atoms with Gasteiger partial charge < -0.3 is 10.6 Å². The summed E-state index contributed by atoms with van der Waals surface area (Å²) < 4.78 is 0. The minimum atomic E-state index is -0.252. The van der Waals surface area contributed by atoms with Crippen LogP contribution in [0.25, 0.3) is 0 Å². The third kappa shape index (κ3) is 4.70. The Bertz CT molecular complexity index is 1150. The fourth-order valence-corrected chi connectivity index (χ4v) is 4.00. The molecule has 5 nitrogen and oxygen atoms in total. The number of hydrogen-bond acceptors (Lipinski definition) is 4. The van der Waals surface area contributed by atoms with Gasteiger partial charge in [0.05, 0.1) is 11.1 Å². The van der Waals surface area contributed by atoms with E-state index in [0.717, 1.165) is 22.6 Å². The number of carbonyl (C=O) groups excluding carboxylic acids is 2. The van der Waals surface area contributed by atoms with Crippen molar-refractivity contribution in [3.63, 3.8) is 0 Å². The average Bonchev–Trinajstić information content (AvgIpc) is 3.60. The Balaban J connectivity index is 1.52. The van der Waals surface area contributed by atoms with Crippen LogP contribution in [0.2, 0.25) is 0 Å². The number of carbonyl (C=O) groups is 2. The third-order valence-corrected chi connectivity index (χ3v) is 5.85. The molecule has 0 radical (unpaired) electrons. The second-order valence-electron chi connectivity index (χ2n) is 7.00. The highest BCUT2D eigenvalue weighted by Crippen LogP contribution is 2.33. The molecule has 148 valence electrons. The van der Waals surface area contributed by atoms with Crippen molar-refractivity contribution < 1.29 is 9.59 Å². The summed E-state index contributed by atoms with van der Waals surface area (Å²) in [5.74, 6) is -0.113. The zero-order chi connectivity index (χ0) is 20.9. The molecule has 30 heavy (non-hydrogen) atoms. The number of rotatable bonds is 6. The molecule has 1 fully saturated rings. The van der Waals surface area contributed by atoms with Crippen molar-refractivity contribution in [1.82, 2.24) is 0 Å². The van der Waals surface area contributed by atoms with Crippen LogP contribution < -0.4 is 10.6 Å². The SMILES string of the molecule is N#Cc1ccccc1Sc1ccccc1C(=O)Nc1cccc(NC(=O)C2CC2)c1. The number of amides is 2. The summed E-state index contributed by atoms with van der Waals surface area (Å²) in [6.07, 6.45) is 1.87. The Kier molecular flexibility index (Phi) is 5.82. The molecule has 0 saturated heterocycles. The van der Waals surface area contributed by atoms with Crippen molar-refractivity contribution in [1.29, 1.82) is 5.26 Å². The maximum Gasteiger partial charge on any atom is 0.256 e. The predicted molar refractivity (Wildman–Crippen MR) is 117 cm³/mol. The normalized spacial score (nSPS) is 12.6. The quantitative estimate of drug-likeness (QED) is 0.574.